The molecule has 0 unspecified atom stereocenters. The van der Waals surface area contributed by atoms with E-state index in [1.54, 1.807) is 39.5 Å². The number of amides is 1. The average molecular weight is 315 g/mol. The van der Waals surface area contributed by atoms with Gasteiger partial charge in [-0.1, -0.05) is 12.1 Å². The van der Waals surface area contributed by atoms with Crippen molar-refractivity contribution in [3.63, 3.8) is 0 Å². The number of carbonyl (C=O) groups excluding carboxylic acids is 1. The van der Waals surface area contributed by atoms with Crippen LogP contribution >= 0.6 is 0 Å². The van der Waals surface area contributed by atoms with Crippen LogP contribution < -0.4 is 19.5 Å². The molecule has 1 N–H and O–H groups in total. The molecule has 23 heavy (non-hydrogen) atoms. The summed E-state index contributed by atoms with van der Waals surface area (Å²) in [5.74, 6) is 1.82. The predicted molar refractivity (Wildman–Crippen MR) is 88.6 cm³/mol. The summed E-state index contributed by atoms with van der Waals surface area (Å²) >= 11 is 0. The van der Waals surface area contributed by atoms with Gasteiger partial charge in [-0.15, -0.1) is 0 Å². The highest BCUT2D eigenvalue weighted by Gasteiger charge is 2.09. The Morgan fingerprint density at radius 3 is 2.17 bits per heavy atom. The zero-order chi connectivity index (χ0) is 16.7. The Kier molecular flexibility index (Phi) is 5.86. The summed E-state index contributed by atoms with van der Waals surface area (Å²) in [7, 11) is 4.75. The van der Waals surface area contributed by atoms with Crippen molar-refractivity contribution in [3.05, 3.63) is 53.6 Å². The molecule has 1 amide bonds. The molecule has 122 valence electrons. The van der Waals surface area contributed by atoms with Crippen LogP contribution in [0.25, 0.3) is 0 Å². The van der Waals surface area contributed by atoms with Crippen LogP contribution in [0.3, 0.4) is 0 Å². The number of ether oxygens (including phenoxy) is 3. The van der Waals surface area contributed by atoms with Crippen molar-refractivity contribution in [2.45, 2.75) is 6.42 Å². The van der Waals surface area contributed by atoms with E-state index >= 15 is 0 Å². The van der Waals surface area contributed by atoms with Gasteiger partial charge in [-0.25, -0.2) is 0 Å². The first-order chi connectivity index (χ1) is 11.2. The van der Waals surface area contributed by atoms with Gasteiger partial charge in [0.25, 0.3) is 5.91 Å². The van der Waals surface area contributed by atoms with E-state index in [9.17, 15) is 4.79 Å². The lowest BCUT2D eigenvalue weighted by Crippen LogP contribution is -2.25. The van der Waals surface area contributed by atoms with Crippen LogP contribution in [0.2, 0.25) is 0 Å². The summed E-state index contributed by atoms with van der Waals surface area (Å²) in [4.78, 5) is 12.2. The van der Waals surface area contributed by atoms with E-state index in [1.807, 2.05) is 24.3 Å². The largest absolute Gasteiger partial charge is 0.497 e. The molecule has 0 fully saturated rings. The summed E-state index contributed by atoms with van der Waals surface area (Å²) in [5, 5.41) is 2.90. The fraction of sp³-hybridized carbons (Fsp3) is 0.278. The molecule has 0 saturated carbocycles. The Morgan fingerprint density at radius 2 is 1.57 bits per heavy atom. The van der Waals surface area contributed by atoms with Crippen LogP contribution in [0.5, 0.6) is 17.2 Å². The summed E-state index contributed by atoms with van der Waals surface area (Å²) in [6.07, 6.45) is 0.726. The number of rotatable bonds is 7. The van der Waals surface area contributed by atoms with Crippen LogP contribution in [0.1, 0.15) is 15.9 Å². The maximum atomic E-state index is 12.2. The molecule has 0 heterocycles. The fourth-order valence-corrected chi connectivity index (χ4v) is 2.19. The summed E-state index contributed by atoms with van der Waals surface area (Å²) in [5.41, 5.74) is 1.61. The average Bonchev–Trinajstić information content (AvgIpc) is 2.61. The fourth-order valence-electron chi connectivity index (χ4n) is 2.19. The number of benzene rings is 2. The van der Waals surface area contributed by atoms with Crippen LogP contribution in [-0.4, -0.2) is 33.8 Å². The monoisotopic (exact) mass is 315 g/mol. The maximum Gasteiger partial charge on any atom is 0.251 e. The SMILES string of the molecule is COc1cccc(CCNC(=O)c2cc(OC)cc(OC)c2)c1. The summed E-state index contributed by atoms with van der Waals surface area (Å²) in [6, 6.07) is 12.9. The molecule has 2 rings (SSSR count). The third-order valence-corrected chi connectivity index (χ3v) is 3.45. The van der Waals surface area contributed by atoms with Crippen molar-refractivity contribution in [3.8, 4) is 17.2 Å². The number of methoxy groups -OCH3 is 3. The first-order valence-electron chi connectivity index (χ1n) is 7.30. The van der Waals surface area contributed by atoms with Gasteiger partial charge in [-0.2, -0.15) is 0 Å². The topological polar surface area (TPSA) is 56.8 Å². The minimum absolute atomic E-state index is 0.162. The van der Waals surface area contributed by atoms with Gasteiger partial charge in [0, 0.05) is 18.2 Å². The van der Waals surface area contributed by atoms with Gasteiger partial charge < -0.3 is 19.5 Å². The Labute approximate surface area is 136 Å². The molecule has 0 aliphatic carbocycles. The molecule has 0 atom stereocenters. The molecular formula is C18H21NO4. The molecule has 2 aromatic carbocycles. The first-order valence-corrected chi connectivity index (χ1v) is 7.30. The standard InChI is InChI=1S/C18H21NO4/c1-21-15-6-4-5-13(9-15)7-8-19-18(20)14-10-16(22-2)12-17(11-14)23-3/h4-6,9-12H,7-8H2,1-3H3,(H,19,20). The lowest BCUT2D eigenvalue weighted by atomic mass is 10.1. The second-order valence-electron chi connectivity index (χ2n) is 4.96. The van der Waals surface area contributed by atoms with Crippen molar-refractivity contribution in [1.82, 2.24) is 5.32 Å². The quantitative estimate of drug-likeness (QED) is 0.853. The first kappa shape index (κ1) is 16.7. The van der Waals surface area contributed by atoms with Gasteiger partial charge >= 0.3 is 0 Å². The number of nitrogens with one attached hydrogen (secondary N) is 1. The molecule has 0 aromatic heterocycles. The van der Waals surface area contributed by atoms with Crippen LogP contribution in [0.15, 0.2) is 42.5 Å². The highest BCUT2D eigenvalue weighted by Crippen LogP contribution is 2.22. The molecule has 5 nitrogen and oxygen atoms in total. The van der Waals surface area contributed by atoms with Crippen molar-refractivity contribution in [2.24, 2.45) is 0 Å². The molecule has 0 aliphatic rings. The second kappa shape index (κ2) is 8.08. The van der Waals surface area contributed by atoms with Gasteiger partial charge in [0.15, 0.2) is 0 Å². The van der Waals surface area contributed by atoms with E-state index in [2.05, 4.69) is 5.32 Å². The highest BCUT2D eigenvalue weighted by molar-refractivity contribution is 5.95. The molecule has 0 radical (unpaired) electrons. The van der Waals surface area contributed by atoms with Crippen molar-refractivity contribution in [1.29, 1.82) is 0 Å². The van der Waals surface area contributed by atoms with E-state index < -0.39 is 0 Å². The van der Waals surface area contributed by atoms with Gasteiger partial charge in [0.05, 0.1) is 21.3 Å². The molecule has 0 spiro atoms. The van der Waals surface area contributed by atoms with Crippen LogP contribution in [-0.2, 0) is 6.42 Å². The smallest absolute Gasteiger partial charge is 0.251 e. The number of hydrogen-bond donors (Lipinski definition) is 1. The zero-order valence-corrected chi connectivity index (χ0v) is 13.6. The van der Waals surface area contributed by atoms with E-state index in [0.29, 0.717) is 23.6 Å². The molecule has 5 heteroatoms. The third kappa shape index (κ3) is 4.64. The Hall–Kier alpha value is -2.69. The molecule has 0 bridgehead atoms. The third-order valence-electron chi connectivity index (χ3n) is 3.45. The van der Waals surface area contributed by atoms with Crippen LogP contribution in [0, 0.1) is 0 Å². The van der Waals surface area contributed by atoms with Crippen molar-refractivity contribution in [2.75, 3.05) is 27.9 Å². The molecule has 0 saturated heterocycles. The minimum Gasteiger partial charge on any atom is -0.497 e. The van der Waals surface area contributed by atoms with Gasteiger partial charge in [0.1, 0.15) is 17.2 Å². The predicted octanol–water partition coefficient (Wildman–Crippen LogP) is 2.68. The van der Waals surface area contributed by atoms with E-state index in [-0.39, 0.29) is 5.91 Å². The van der Waals surface area contributed by atoms with Gasteiger partial charge in [-0.3, -0.25) is 4.79 Å². The summed E-state index contributed by atoms with van der Waals surface area (Å²) < 4.78 is 15.5. The van der Waals surface area contributed by atoms with E-state index in [0.717, 1.165) is 17.7 Å². The lowest BCUT2D eigenvalue weighted by Gasteiger charge is -2.09. The van der Waals surface area contributed by atoms with Crippen LogP contribution in [0.4, 0.5) is 0 Å². The lowest BCUT2D eigenvalue weighted by molar-refractivity contribution is 0.0953. The van der Waals surface area contributed by atoms with Gasteiger partial charge in [-0.05, 0) is 36.2 Å². The van der Waals surface area contributed by atoms with E-state index in [4.69, 9.17) is 14.2 Å². The Bertz CT molecular complexity index is 648. The number of carbonyl (C=O) groups is 1. The van der Waals surface area contributed by atoms with Gasteiger partial charge in [0.2, 0.25) is 0 Å². The normalized spacial score (nSPS) is 10.0. The summed E-state index contributed by atoms with van der Waals surface area (Å²) in [6.45, 7) is 0.533. The molecule has 2 aromatic rings. The van der Waals surface area contributed by atoms with E-state index in [1.165, 1.54) is 0 Å². The Balaban J connectivity index is 1.96. The maximum absolute atomic E-state index is 12.2. The second-order valence-corrected chi connectivity index (χ2v) is 4.96. The highest BCUT2D eigenvalue weighted by atomic mass is 16.5. The zero-order valence-electron chi connectivity index (χ0n) is 13.6. The molecule has 0 aliphatic heterocycles. The number of hydrogen-bond acceptors (Lipinski definition) is 4. The van der Waals surface area contributed by atoms with Crippen molar-refractivity contribution < 1.29 is 19.0 Å². The van der Waals surface area contributed by atoms with Crippen molar-refractivity contribution >= 4 is 5.91 Å². The minimum atomic E-state index is -0.162. The Morgan fingerprint density at radius 1 is 0.913 bits per heavy atom. The molecular weight excluding hydrogens is 294 g/mol.